The number of sulfonamides is 1. The van der Waals surface area contributed by atoms with Crippen molar-refractivity contribution >= 4 is 22.0 Å². The number of carbonyl (C=O) groups excluding carboxylic acids is 1. The number of aryl methyl sites for hydroxylation is 1. The van der Waals surface area contributed by atoms with Gasteiger partial charge in [0.05, 0.1) is 18.7 Å². The van der Waals surface area contributed by atoms with E-state index in [9.17, 15) is 18.0 Å². The second-order valence-electron chi connectivity index (χ2n) is 4.54. The zero-order chi connectivity index (χ0) is 16.4. The Kier molecular flexibility index (Phi) is 5.07. The first-order chi connectivity index (χ1) is 9.62. The maximum absolute atomic E-state index is 12.4. The summed E-state index contributed by atoms with van der Waals surface area (Å²) in [6.07, 6.45) is 0. The molecule has 0 bridgehead atoms. The van der Waals surface area contributed by atoms with E-state index >= 15 is 0 Å². The molecule has 1 aromatic rings. The smallest absolute Gasteiger partial charge is 0.357 e. The Morgan fingerprint density at radius 3 is 2.52 bits per heavy atom. The summed E-state index contributed by atoms with van der Waals surface area (Å²) in [5.74, 6) is -2.69. The van der Waals surface area contributed by atoms with E-state index in [4.69, 9.17) is 5.11 Å². The predicted octanol–water partition coefficient (Wildman–Crippen LogP) is -0.154. The van der Waals surface area contributed by atoms with Crippen molar-refractivity contribution < 1.29 is 27.9 Å². The number of carboxylic acids is 1. The van der Waals surface area contributed by atoms with Crippen LogP contribution in [0.5, 0.6) is 0 Å². The quantitative estimate of drug-likeness (QED) is 0.697. The van der Waals surface area contributed by atoms with Gasteiger partial charge in [-0.15, -0.1) is 0 Å². The van der Waals surface area contributed by atoms with Crippen LogP contribution in [0.15, 0.2) is 4.90 Å². The normalized spacial score (nSPS) is 13.2. The Morgan fingerprint density at radius 1 is 1.48 bits per heavy atom. The molecular weight excluding hydrogens is 302 g/mol. The van der Waals surface area contributed by atoms with Gasteiger partial charge in [0.2, 0.25) is 10.0 Å². The fraction of sp³-hybridized carbons (Fsp3) is 0.545. The monoisotopic (exact) mass is 319 g/mol. The first-order valence-corrected chi connectivity index (χ1v) is 7.39. The number of methoxy groups -OCH3 is 1. The van der Waals surface area contributed by atoms with Crippen LogP contribution in [-0.2, 0) is 19.6 Å². The predicted molar refractivity (Wildman–Crippen MR) is 71.3 cm³/mol. The zero-order valence-electron chi connectivity index (χ0n) is 12.1. The number of hydrogen-bond acceptors (Lipinski definition) is 6. The number of aromatic nitrogens is 2. The molecule has 1 atom stereocenters. The summed E-state index contributed by atoms with van der Waals surface area (Å²) >= 11 is 0. The molecule has 2 N–H and O–H groups in total. The molecule has 0 fully saturated rings. The highest BCUT2D eigenvalue weighted by atomic mass is 32.2. The van der Waals surface area contributed by atoms with Crippen molar-refractivity contribution in [2.24, 2.45) is 5.92 Å². The third-order valence-electron chi connectivity index (χ3n) is 2.90. The molecule has 0 saturated heterocycles. The van der Waals surface area contributed by atoms with Crippen LogP contribution in [0.3, 0.4) is 0 Å². The van der Waals surface area contributed by atoms with Crippen molar-refractivity contribution in [2.45, 2.75) is 18.7 Å². The molecule has 9 nitrogen and oxygen atoms in total. The minimum absolute atomic E-state index is 0.116. The Morgan fingerprint density at radius 2 is 2.05 bits per heavy atom. The standard InChI is InChI=1S/C11H17N3O6S/c1-6(11(17)20-4)5-14(3)21(18,19)9-7(2)12-13-8(9)10(15)16/h6H,5H2,1-4H3,(H,12,13)(H,15,16). The number of H-pyrrole nitrogens is 1. The van der Waals surface area contributed by atoms with Crippen LogP contribution in [0.1, 0.15) is 23.1 Å². The van der Waals surface area contributed by atoms with Crippen LogP contribution in [-0.4, -0.2) is 60.7 Å². The van der Waals surface area contributed by atoms with Gasteiger partial charge in [0.1, 0.15) is 4.90 Å². The minimum Gasteiger partial charge on any atom is -0.476 e. The van der Waals surface area contributed by atoms with E-state index in [1.807, 2.05) is 0 Å². The number of aromatic amines is 1. The Labute approximate surface area is 121 Å². The molecule has 118 valence electrons. The van der Waals surface area contributed by atoms with Gasteiger partial charge in [-0.05, 0) is 6.92 Å². The maximum atomic E-state index is 12.4. The van der Waals surface area contributed by atoms with Gasteiger partial charge in [-0.1, -0.05) is 6.92 Å². The molecule has 1 rings (SSSR count). The first kappa shape index (κ1) is 17.1. The SMILES string of the molecule is COC(=O)C(C)CN(C)S(=O)(=O)c1c(C(=O)O)n[nH]c1C. The lowest BCUT2D eigenvalue weighted by atomic mass is 10.2. The summed E-state index contributed by atoms with van der Waals surface area (Å²) in [7, 11) is -1.63. The number of carboxylic acid groups (broad SMARTS) is 1. The van der Waals surface area contributed by atoms with Crippen molar-refractivity contribution in [1.29, 1.82) is 0 Å². The van der Waals surface area contributed by atoms with Gasteiger partial charge in [0.15, 0.2) is 5.69 Å². The number of rotatable bonds is 6. The molecule has 0 aromatic carbocycles. The summed E-state index contributed by atoms with van der Waals surface area (Å²) < 4.78 is 30.3. The fourth-order valence-electron chi connectivity index (χ4n) is 1.79. The molecule has 0 saturated carbocycles. The zero-order valence-corrected chi connectivity index (χ0v) is 12.9. The lowest BCUT2D eigenvalue weighted by Crippen LogP contribution is -2.35. The number of esters is 1. The first-order valence-electron chi connectivity index (χ1n) is 5.95. The molecule has 0 aliphatic carbocycles. The molecule has 21 heavy (non-hydrogen) atoms. The largest absolute Gasteiger partial charge is 0.476 e. The van der Waals surface area contributed by atoms with Gasteiger partial charge in [-0.3, -0.25) is 9.89 Å². The lowest BCUT2D eigenvalue weighted by molar-refractivity contribution is -0.144. The summed E-state index contributed by atoms with van der Waals surface area (Å²) in [6.45, 7) is 2.78. The molecular formula is C11H17N3O6S. The summed E-state index contributed by atoms with van der Waals surface area (Å²) in [6, 6.07) is 0. The average molecular weight is 319 g/mol. The molecule has 0 spiro atoms. The highest BCUT2D eigenvalue weighted by Crippen LogP contribution is 2.22. The van der Waals surface area contributed by atoms with Gasteiger partial charge >= 0.3 is 11.9 Å². The minimum atomic E-state index is -4.09. The van der Waals surface area contributed by atoms with E-state index in [0.29, 0.717) is 0 Å². The van der Waals surface area contributed by atoms with Crippen molar-refractivity contribution in [2.75, 3.05) is 20.7 Å². The highest BCUT2D eigenvalue weighted by molar-refractivity contribution is 7.89. The topological polar surface area (TPSA) is 130 Å². The van der Waals surface area contributed by atoms with Crippen LogP contribution in [0, 0.1) is 12.8 Å². The maximum Gasteiger partial charge on any atom is 0.357 e. The van der Waals surface area contributed by atoms with E-state index in [0.717, 1.165) is 4.31 Å². The van der Waals surface area contributed by atoms with E-state index in [2.05, 4.69) is 14.9 Å². The van der Waals surface area contributed by atoms with Crippen molar-refractivity contribution in [3.63, 3.8) is 0 Å². The summed E-state index contributed by atoms with van der Waals surface area (Å²) in [4.78, 5) is 22.0. The van der Waals surface area contributed by atoms with E-state index in [1.165, 1.54) is 28.0 Å². The molecule has 0 radical (unpaired) electrons. The van der Waals surface area contributed by atoms with Gasteiger partial charge in [0, 0.05) is 13.6 Å². The van der Waals surface area contributed by atoms with Crippen molar-refractivity contribution in [3.8, 4) is 0 Å². The molecule has 1 unspecified atom stereocenters. The van der Waals surface area contributed by atoms with Gasteiger partial charge in [-0.25, -0.2) is 13.2 Å². The third-order valence-corrected chi connectivity index (χ3v) is 4.88. The second kappa shape index (κ2) is 6.22. The highest BCUT2D eigenvalue weighted by Gasteiger charge is 2.33. The van der Waals surface area contributed by atoms with Crippen LogP contribution in [0.4, 0.5) is 0 Å². The number of ether oxygens (including phenoxy) is 1. The average Bonchev–Trinajstić information content (AvgIpc) is 2.80. The fourth-order valence-corrected chi connectivity index (χ4v) is 3.34. The lowest BCUT2D eigenvalue weighted by Gasteiger charge is -2.20. The number of carbonyl (C=O) groups is 2. The van der Waals surface area contributed by atoms with Gasteiger partial charge in [-0.2, -0.15) is 9.40 Å². The van der Waals surface area contributed by atoms with E-state index in [-0.39, 0.29) is 12.2 Å². The van der Waals surface area contributed by atoms with Gasteiger partial charge in [0.25, 0.3) is 0 Å². The summed E-state index contributed by atoms with van der Waals surface area (Å²) in [5, 5.41) is 14.8. The molecule has 0 aliphatic heterocycles. The number of aromatic carboxylic acids is 1. The van der Waals surface area contributed by atoms with E-state index in [1.54, 1.807) is 0 Å². The molecule has 0 aliphatic rings. The molecule has 1 aromatic heterocycles. The molecule has 0 amide bonds. The molecule has 10 heteroatoms. The number of nitrogens with one attached hydrogen (secondary N) is 1. The number of nitrogens with zero attached hydrogens (tertiary/aromatic N) is 2. The molecule has 1 heterocycles. The van der Waals surface area contributed by atoms with Gasteiger partial charge < -0.3 is 9.84 Å². The second-order valence-corrected chi connectivity index (χ2v) is 6.52. The third kappa shape index (κ3) is 3.39. The number of hydrogen-bond donors (Lipinski definition) is 2. The van der Waals surface area contributed by atoms with E-state index < -0.39 is 38.5 Å². The van der Waals surface area contributed by atoms with Crippen LogP contribution >= 0.6 is 0 Å². The Bertz CT molecular complexity index is 651. The van der Waals surface area contributed by atoms with Crippen molar-refractivity contribution in [1.82, 2.24) is 14.5 Å². The van der Waals surface area contributed by atoms with Crippen molar-refractivity contribution in [3.05, 3.63) is 11.4 Å². The Hall–Kier alpha value is -1.94. The van der Waals surface area contributed by atoms with Crippen LogP contribution in [0.2, 0.25) is 0 Å². The summed E-state index contributed by atoms with van der Waals surface area (Å²) in [5.41, 5.74) is -0.463. The van der Waals surface area contributed by atoms with Crippen LogP contribution in [0.25, 0.3) is 0 Å². The Balaban J connectivity index is 3.14. The van der Waals surface area contributed by atoms with Crippen LogP contribution < -0.4 is 0 Å².